The molecular weight excluding hydrogens is 319 g/mol. The van der Waals surface area contributed by atoms with E-state index in [9.17, 15) is 4.79 Å². The fourth-order valence-electron chi connectivity index (χ4n) is 1.39. The molecule has 0 aromatic heterocycles. The van der Waals surface area contributed by atoms with E-state index in [1.807, 2.05) is 6.92 Å². The van der Waals surface area contributed by atoms with E-state index in [1.165, 1.54) is 23.9 Å². The number of hydrogen-bond donors (Lipinski definition) is 3. The molecule has 2 atom stereocenters. The highest BCUT2D eigenvalue weighted by atomic mass is 35.5. The maximum Gasteiger partial charge on any atom is 0.237 e. The summed E-state index contributed by atoms with van der Waals surface area (Å²) in [7, 11) is 0. The molecule has 0 aliphatic rings. The molecule has 4 nitrogen and oxygen atoms in total. The zero-order chi connectivity index (χ0) is 15.3. The van der Waals surface area contributed by atoms with Gasteiger partial charge in [0.05, 0.1) is 21.6 Å². The molecule has 1 amide bonds. The van der Waals surface area contributed by atoms with E-state index >= 15 is 0 Å². The number of hydrogen-bond acceptors (Lipinski definition) is 4. The van der Waals surface area contributed by atoms with E-state index in [0.717, 1.165) is 0 Å². The lowest BCUT2D eigenvalue weighted by atomic mass is 10.2. The van der Waals surface area contributed by atoms with Gasteiger partial charge in [0.1, 0.15) is 0 Å². The van der Waals surface area contributed by atoms with E-state index in [1.54, 1.807) is 6.92 Å². The summed E-state index contributed by atoms with van der Waals surface area (Å²) in [5.41, 5.74) is 6.50. The third kappa shape index (κ3) is 5.05. The van der Waals surface area contributed by atoms with Crippen molar-refractivity contribution in [2.24, 2.45) is 5.92 Å². The highest BCUT2D eigenvalue weighted by Crippen LogP contribution is 2.32. The first-order valence-electron chi connectivity index (χ1n) is 6.13. The zero-order valence-corrected chi connectivity index (χ0v) is 13.6. The summed E-state index contributed by atoms with van der Waals surface area (Å²) in [4.78, 5) is 12.1. The SMILES string of the molecule is CC(CO)CSC(C)C(=O)Nc1c(N)cc(Cl)cc1Cl. The van der Waals surface area contributed by atoms with Crippen molar-refractivity contribution in [3.63, 3.8) is 0 Å². The van der Waals surface area contributed by atoms with Crippen molar-refractivity contribution in [1.82, 2.24) is 0 Å². The van der Waals surface area contributed by atoms with Gasteiger partial charge in [-0.3, -0.25) is 4.79 Å². The molecule has 0 bridgehead atoms. The largest absolute Gasteiger partial charge is 0.397 e. The van der Waals surface area contributed by atoms with Crippen molar-refractivity contribution in [1.29, 1.82) is 0 Å². The number of aliphatic hydroxyl groups is 1. The molecule has 0 saturated carbocycles. The Bertz CT molecular complexity index is 462. The lowest BCUT2D eigenvalue weighted by Crippen LogP contribution is -2.24. The molecule has 0 heterocycles. The van der Waals surface area contributed by atoms with Gasteiger partial charge >= 0.3 is 0 Å². The van der Waals surface area contributed by atoms with Gasteiger partial charge < -0.3 is 16.2 Å². The first-order chi connectivity index (χ1) is 9.35. The molecule has 4 N–H and O–H groups in total. The minimum absolute atomic E-state index is 0.108. The number of nitrogen functional groups attached to an aromatic ring is 1. The molecule has 1 rings (SSSR count). The Labute approximate surface area is 133 Å². The third-order valence-corrected chi connectivity index (χ3v) is 4.64. The van der Waals surface area contributed by atoms with Crippen molar-refractivity contribution in [3.05, 3.63) is 22.2 Å². The number of anilines is 2. The molecule has 7 heteroatoms. The summed E-state index contributed by atoms with van der Waals surface area (Å²) in [6.07, 6.45) is 0. The minimum atomic E-state index is -0.268. The summed E-state index contributed by atoms with van der Waals surface area (Å²) < 4.78 is 0. The Kier molecular flexibility index (Phi) is 6.95. The number of amides is 1. The first kappa shape index (κ1) is 17.4. The summed E-state index contributed by atoms with van der Waals surface area (Å²) in [6, 6.07) is 3.06. The molecule has 0 aliphatic heterocycles. The number of halogens is 2. The van der Waals surface area contributed by atoms with Crippen LogP contribution in [0.2, 0.25) is 10.0 Å². The number of benzene rings is 1. The van der Waals surface area contributed by atoms with Crippen molar-refractivity contribution in [2.75, 3.05) is 23.4 Å². The van der Waals surface area contributed by atoms with E-state index in [2.05, 4.69) is 5.32 Å². The van der Waals surface area contributed by atoms with Gasteiger partial charge in [-0.2, -0.15) is 0 Å². The van der Waals surface area contributed by atoms with Crippen LogP contribution in [0.25, 0.3) is 0 Å². The van der Waals surface area contributed by atoms with Gasteiger partial charge in [0, 0.05) is 11.6 Å². The third-order valence-electron chi connectivity index (χ3n) is 2.65. The van der Waals surface area contributed by atoms with Crippen LogP contribution >= 0.6 is 35.0 Å². The standard InChI is InChI=1S/C13H18Cl2N2O2S/c1-7(5-18)6-20-8(2)13(19)17-12-10(15)3-9(14)4-11(12)16/h3-4,7-8,18H,5-6,16H2,1-2H3,(H,17,19). The molecule has 0 saturated heterocycles. The molecule has 0 spiro atoms. The quantitative estimate of drug-likeness (QED) is 0.697. The Morgan fingerprint density at radius 2 is 2.10 bits per heavy atom. The normalized spacial score (nSPS) is 13.8. The van der Waals surface area contributed by atoms with E-state index in [0.29, 0.717) is 27.2 Å². The van der Waals surface area contributed by atoms with Crippen LogP contribution < -0.4 is 11.1 Å². The van der Waals surface area contributed by atoms with Gasteiger partial charge in [-0.25, -0.2) is 0 Å². The average Bonchev–Trinajstić information content (AvgIpc) is 2.39. The molecule has 0 fully saturated rings. The smallest absolute Gasteiger partial charge is 0.237 e. The van der Waals surface area contributed by atoms with Crippen LogP contribution in [-0.4, -0.2) is 28.6 Å². The number of thioether (sulfide) groups is 1. The lowest BCUT2D eigenvalue weighted by molar-refractivity contribution is -0.115. The maximum atomic E-state index is 12.1. The number of carbonyl (C=O) groups excluding carboxylic acids is 1. The molecule has 0 aliphatic carbocycles. The summed E-state index contributed by atoms with van der Waals surface area (Å²) in [5.74, 6) is 0.671. The lowest BCUT2D eigenvalue weighted by Gasteiger charge is -2.16. The van der Waals surface area contributed by atoms with Gasteiger partial charge in [-0.1, -0.05) is 30.1 Å². The fourth-order valence-corrected chi connectivity index (χ4v) is 2.88. The monoisotopic (exact) mass is 336 g/mol. The van der Waals surface area contributed by atoms with Crippen molar-refractivity contribution in [2.45, 2.75) is 19.1 Å². The average molecular weight is 337 g/mol. The fraction of sp³-hybridized carbons (Fsp3) is 0.462. The summed E-state index contributed by atoms with van der Waals surface area (Å²) >= 11 is 13.3. The molecule has 1 aromatic carbocycles. The number of nitrogens with one attached hydrogen (secondary N) is 1. The molecule has 112 valence electrons. The summed E-state index contributed by atoms with van der Waals surface area (Å²) in [5, 5.41) is 12.1. The number of nitrogens with two attached hydrogens (primary N) is 1. The highest BCUT2D eigenvalue weighted by Gasteiger charge is 2.17. The van der Waals surface area contributed by atoms with Crippen LogP contribution in [0.15, 0.2) is 12.1 Å². The topological polar surface area (TPSA) is 75.3 Å². The van der Waals surface area contributed by atoms with Gasteiger partial charge in [0.25, 0.3) is 0 Å². The Balaban J connectivity index is 2.66. The molecular formula is C13H18Cl2N2O2S. The second-order valence-electron chi connectivity index (χ2n) is 4.60. The molecule has 20 heavy (non-hydrogen) atoms. The second-order valence-corrected chi connectivity index (χ2v) is 6.82. The maximum absolute atomic E-state index is 12.1. The van der Waals surface area contributed by atoms with Crippen LogP contribution in [-0.2, 0) is 4.79 Å². The van der Waals surface area contributed by atoms with E-state index in [-0.39, 0.29) is 23.7 Å². The van der Waals surface area contributed by atoms with E-state index < -0.39 is 0 Å². The van der Waals surface area contributed by atoms with Crippen LogP contribution in [0.5, 0.6) is 0 Å². The first-order valence-corrected chi connectivity index (χ1v) is 7.93. The van der Waals surface area contributed by atoms with Gasteiger partial charge in [0.2, 0.25) is 5.91 Å². The zero-order valence-electron chi connectivity index (χ0n) is 11.3. The Morgan fingerprint density at radius 3 is 2.65 bits per heavy atom. The van der Waals surface area contributed by atoms with Gasteiger partial charge in [0.15, 0.2) is 0 Å². The number of carbonyl (C=O) groups is 1. The predicted molar refractivity (Wildman–Crippen MR) is 87.7 cm³/mol. The molecule has 0 radical (unpaired) electrons. The highest BCUT2D eigenvalue weighted by molar-refractivity contribution is 8.00. The van der Waals surface area contributed by atoms with Crippen LogP contribution in [0, 0.1) is 5.92 Å². The van der Waals surface area contributed by atoms with Crippen LogP contribution in [0.4, 0.5) is 11.4 Å². The number of aliphatic hydroxyl groups excluding tert-OH is 1. The van der Waals surface area contributed by atoms with Crippen molar-refractivity contribution >= 4 is 52.2 Å². The van der Waals surface area contributed by atoms with Crippen molar-refractivity contribution < 1.29 is 9.90 Å². The molecule has 1 aromatic rings. The van der Waals surface area contributed by atoms with Gasteiger partial charge in [-0.05, 0) is 30.7 Å². The second kappa shape index (κ2) is 7.98. The summed E-state index contributed by atoms with van der Waals surface area (Å²) in [6.45, 7) is 3.83. The van der Waals surface area contributed by atoms with Crippen LogP contribution in [0.1, 0.15) is 13.8 Å². The Hall–Kier alpha value is -0.620. The van der Waals surface area contributed by atoms with Gasteiger partial charge in [-0.15, -0.1) is 11.8 Å². The van der Waals surface area contributed by atoms with Crippen LogP contribution in [0.3, 0.4) is 0 Å². The van der Waals surface area contributed by atoms with Crippen molar-refractivity contribution in [3.8, 4) is 0 Å². The molecule has 2 unspecified atom stereocenters. The number of rotatable bonds is 6. The minimum Gasteiger partial charge on any atom is -0.397 e. The van der Waals surface area contributed by atoms with E-state index in [4.69, 9.17) is 34.0 Å². The Morgan fingerprint density at radius 1 is 1.45 bits per heavy atom. The predicted octanol–water partition coefficient (Wildman–Crippen LogP) is 3.26.